The zero-order valence-electron chi connectivity index (χ0n) is 14.5. The summed E-state index contributed by atoms with van der Waals surface area (Å²) in [6.45, 7) is 1.40. The average molecular weight is 373 g/mol. The fraction of sp³-hybridized carbons (Fsp3) is 0.368. The van der Waals surface area contributed by atoms with Gasteiger partial charge in [-0.3, -0.25) is 9.78 Å². The number of aromatic nitrogens is 1. The molecule has 0 spiro atoms. The Morgan fingerprint density at radius 3 is 2.38 bits per heavy atom. The molecule has 0 atom stereocenters. The molecule has 3 rings (SSSR count). The van der Waals surface area contributed by atoms with Crippen molar-refractivity contribution in [2.45, 2.75) is 30.7 Å². The first-order valence-electron chi connectivity index (χ1n) is 8.76. The average Bonchev–Trinajstić information content (AvgIpc) is 2.68. The highest BCUT2D eigenvalue weighted by atomic mass is 32.2. The minimum Gasteiger partial charge on any atom is -0.352 e. The smallest absolute Gasteiger partial charge is 0.243 e. The Bertz CT molecular complexity index is 818. The molecule has 2 aromatic rings. The Morgan fingerprint density at radius 1 is 1.08 bits per heavy atom. The third kappa shape index (κ3) is 4.68. The Kier molecular flexibility index (Phi) is 6.00. The highest BCUT2D eigenvalue weighted by Crippen LogP contribution is 2.25. The van der Waals surface area contributed by atoms with E-state index in [9.17, 15) is 13.2 Å². The molecular formula is C19H23N3O3S. The van der Waals surface area contributed by atoms with Crippen LogP contribution in [0, 0.1) is 5.92 Å². The molecule has 138 valence electrons. The number of piperidine rings is 1. The first-order valence-corrected chi connectivity index (χ1v) is 10.2. The van der Waals surface area contributed by atoms with E-state index >= 15 is 0 Å². The van der Waals surface area contributed by atoms with Gasteiger partial charge in [0.05, 0.1) is 4.90 Å². The van der Waals surface area contributed by atoms with E-state index in [0.29, 0.717) is 43.8 Å². The predicted molar refractivity (Wildman–Crippen MR) is 98.6 cm³/mol. The van der Waals surface area contributed by atoms with Crippen molar-refractivity contribution in [3.05, 3.63) is 60.4 Å². The van der Waals surface area contributed by atoms with Crippen LogP contribution >= 0.6 is 0 Å². The van der Waals surface area contributed by atoms with E-state index in [0.717, 1.165) is 5.56 Å². The summed E-state index contributed by atoms with van der Waals surface area (Å²) in [6.07, 6.45) is 5.24. The third-order valence-corrected chi connectivity index (χ3v) is 6.58. The van der Waals surface area contributed by atoms with Gasteiger partial charge in [-0.05, 0) is 48.6 Å². The van der Waals surface area contributed by atoms with E-state index < -0.39 is 10.0 Å². The molecule has 0 aliphatic carbocycles. The van der Waals surface area contributed by atoms with E-state index in [1.807, 2.05) is 12.1 Å². The van der Waals surface area contributed by atoms with Crippen LogP contribution in [-0.2, 0) is 21.4 Å². The van der Waals surface area contributed by atoms with Crippen molar-refractivity contribution in [1.82, 2.24) is 14.6 Å². The number of carbonyl (C=O) groups is 1. The van der Waals surface area contributed by atoms with Crippen molar-refractivity contribution in [3.63, 3.8) is 0 Å². The molecule has 2 heterocycles. The molecule has 1 amide bonds. The second kappa shape index (κ2) is 8.42. The van der Waals surface area contributed by atoms with Gasteiger partial charge in [0.1, 0.15) is 0 Å². The maximum Gasteiger partial charge on any atom is 0.243 e. The number of nitrogens with one attached hydrogen (secondary N) is 1. The van der Waals surface area contributed by atoms with E-state index in [-0.39, 0.29) is 11.8 Å². The van der Waals surface area contributed by atoms with Crippen molar-refractivity contribution < 1.29 is 13.2 Å². The summed E-state index contributed by atoms with van der Waals surface area (Å²) in [4.78, 5) is 16.4. The highest BCUT2D eigenvalue weighted by molar-refractivity contribution is 7.89. The molecular weight excluding hydrogens is 350 g/mol. The number of carbonyl (C=O) groups excluding carboxylic acids is 1. The Balaban J connectivity index is 1.47. The number of sulfonamides is 1. The lowest BCUT2D eigenvalue weighted by Crippen LogP contribution is -2.39. The van der Waals surface area contributed by atoms with E-state index in [2.05, 4.69) is 10.3 Å². The third-order valence-electron chi connectivity index (χ3n) is 4.67. The normalized spacial score (nSPS) is 16.3. The summed E-state index contributed by atoms with van der Waals surface area (Å²) < 4.78 is 26.8. The lowest BCUT2D eigenvalue weighted by atomic mass is 9.94. The highest BCUT2D eigenvalue weighted by Gasteiger charge is 2.29. The van der Waals surface area contributed by atoms with E-state index in [4.69, 9.17) is 0 Å². The van der Waals surface area contributed by atoms with Gasteiger partial charge in [0.25, 0.3) is 0 Å². The maximum atomic E-state index is 12.6. The van der Waals surface area contributed by atoms with Gasteiger partial charge >= 0.3 is 0 Å². The SMILES string of the molecule is O=C(CC1CCN(S(=O)(=O)c2ccccc2)CC1)NCc1ccncc1. The lowest BCUT2D eigenvalue weighted by molar-refractivity contribution is -0.122. The second-order valence-corrected chi connectivity index (χ2v) is 8.43. The molecule has 0 saturated carbocycles. The van der Waals surface area contributed by atoms with Crippen LogP contribution in [0.3, 0.4) is 0 Å². The van der Waals surface area contributed by atoms with Gasteiger partial charge in [-0.15, -0.1) is 0 Å². The van der Waals surface area contributed by atoms with Crippen molar-refractivity contribution in [3.8, 4) is 0 Å². The minimum atomic E-state index is -3.43. The van der Waals surface area contributed by atoms with Crippen LogP contribution in [0.5, 0.6) is 0 Å². The van der Waals surface area contributed by atoms with Crippen LogP contribution in [0.4, 0.5) is 0 Å². The van der Waals surface area contributed by atoms with Crippen molar-refractivity contribution in [2.75, 3.05) is 13.1 Å². The summed E-state index contributed by atoms with van der Waals surface area (Å²) in [7, 11) is -3.43. The molecule has 0 radical (unpaired) electrons. The molecule has 1 fully saturated rings. The van der Waals surface area contributed by atoms with Crippen LogP contribution in [0.25, 0.3) is 0 Å². The van der Waals surface area contributed by atoms with Gasteiger partial charge in [-0.1, -0.05) is 18.2 Å². The first kappa shape index (κ1) is 18.5. The topological polar surface area (TPSA) is 79.4 Å². The number of hydrogen-bond donors (Lipinski definition) is 1. The van der Waals surface area contributed by atoms with Crippen LogP contribution < -0.4 is 5.32 Å². The maximum absolute atomic E-state index is 12.6. The van der Waals surface area contributed by atoms with Crippen LogP contribution in [0.15, 0.2) is 59.8 Å². The monoisotopic (exact) mass is 373 g/mol. The fourth-order valence-corrected chi connectivity index (χ4v) is 4.62. The predicted octanol–water partition coefficient (Wildman–Crippen LogP) is 2.19. The largest absolute Gasteiger partial charge is 0.352 e. The summed E-state index contributed by atoms with van der Waals surface area (Å²) in [6, 6.07) is 12.2. The second-order valence-electron chi connectivity index (χ2n) is 6.50. The van der Waals surface area contributed by atoms with Gasteiger partial charge in [0.2, 0.25) is 15.9 Å². The Labute approximate surface area is 154 Å². The van der Waals surface area contributed by atoms with Gasteiger partial charge in [-0.2, -0.15) is 4.31 Å². The van der Waals surface area contributed by atoms with Gasteiger partial charge in [-0.25, -0.2) is 8.42 Å². The zero-order chi connectivity index (χ0) is 18.4. The number of nitrogens with zero attached hydrogens (tertiary/aromatic N) is 2. The number of pyridine rings is 1. The molecule has 1 aromatic carbocycles. The molecule has 6 nitrogen and oxygen atoms in total. The van der Waals surface area contributed by atoms with Gasteiger partial charge in [0, 0.05) is 38.4 Å². The summed E-state index contributed by atoms with van der Waals surface area (Å²) in [5.41, 5.74) is 1.01. The quantitative estimate of drug-likeness (QED) is 0.842. The van der Waals surface area contributed by atoms with E-state index in [1.54, 1.807) is 42.7 Å². The van der Waals surface area contributed by atoms with E-state index in [1.165, 1.54) is 4.31 Å². The Morgan fingerprint density at radius 2 is 1.73 bits per heavy atom. The van der Waals surface area contributed by atoms with Crippen molar-refractivity contribution in [1.29, 1.82) is 0 Å². The molecule has 1 N–H and O–H groups in total. The van der Waals surface area contributed by atoms with Gasteiger partial charge < -0.3 is 5.32 Å². The summed E-state index contributed by atoms with van der Waals surface area (Å²) in [5.74, 6) is 0.223. The number of hydrogen-bond acceptors (Lipinski definition) is 4. The summed E-state index contributed by atoms with van der Waals surface area (Å²) in [5, 5.41) is 2.91. The van der Waals surface area contributed by atoms with Crippen molar-refractivity contribution in [2.24, 2.45) is 5.92 Å². The van der Waals surface area contributed by atoms with Gasteiger partial charge in [0.15, 0.2) is 0 Å². The number of amides is 1. The van der Waals surface area contributed by atoms with Crippen LogP contribution in [-0.4, -0.2) is 36.7 Å². The molecule has 0 bridgehead atoms. The molecule has 0 unspecified atom stereocenters. The molecule has 1 saturated heterocycles. The molecule has 1 aromatic heterocycles. The fourth-order valence-electron chi connectivity index (χ4n) is 3.13. The molecule has 1 aliphatic rings. The number of benzene rings is 1. The first-order chi connectivity index (χ1) is 12.6. The molecule has 1 aliphatic heterocycles. The standard InChI is InChI=1S/C19H23N3O3S/c23-19(21-15-17-6-10-20-11-7-17)14-16-8-12-22(13-9-16)26(24,25)18-4-2-1-3-5-18/h1-7,10-11,16H,8-9,12-15H2,(H,21,23). The molecule has 26 heavy (non-hydrogen) atoms. The number of rotatable bonds is 6. The minimum absolute atomic E-state index is 0.00572. The van der Waals surface area contributed by atoms with Crippen LogP contribution in [0.1, 0.15) is 24.8 Å². The summed E-state index contributed by atoms with van der Waals surface area (Å²) >= 11 is 0. The lowest BCUT2D eigenvalue weighted by Gasteiger charge is -2.31. The van der Waals surface area contributed by atoms with Crippen LogP contribution in [0.2, 0.25) is 0 Å². The van der Waals surface area contributed by atoms with Crippen molar-refractivity contribution >= 4 is 15.9 Å². The zero-order valence-corrected chi connectivity index (χ0v) is 15.4. The Hall–Kier alpha value is -2.25. The molecule has 7 heteroatoms.